The second-order valence-electron chi connectivity index (χ2n) is 4.87. The highest BCUT2D eigenvalue weighted by Crippen LogP contribution is 2.17. The Morgan fingerprint density at radius 1 is 1.09 bits per heavy atom. The fraction of sp³-hybridized carbons (Fsp3) is 0. The number of hydrogen-bond acceptors (Lipinski definition) is 3. The Hall–Kier alpha value is -3.41. The van der Waals surface area contributed by atoms with E-state index in [2.05, 4.69) is 15.5 Å². The Morgan fingerprint density at radius 3 is 2.57 bits per heavy atom. The van der Waals surface area contributed by atoms with Crippen molar-refractivity contribution in [2.75, 3.05) is 0 Å². The summed E-state index contributed by atoms with van der Waals surface area (Å²) in [5.41, 5.74) is 4.74. The van der Waals surface area contributed by atoms with Gasteiger partial charge in [0.25, 0.3) is 5.91 Å². The smallest absolute Gasteiger partial charge is 0.335 e. The molecule has 0 saturated heterocycles. The molecule has 0 aliphatic rings. The SMILES string of the molecule is O=C(O)c1ccc(/C=N\NC(=O)c2c[nH]c3ccccc23)cc1. The summed E-state index contributed by atoms with van der Waals surface area (Å²) in [5, 5.41) is 13.5. The highest BCUT2D eigenvalue weighted by molar-refractivity contribution is 6.06. The van der Waals surface area contributed by atoms with Gasteiger partial charge in [-0.2, -0.15) is 5.10 Å². The second-order valence-corrected chi connectivity index (χ2v) is 4.87. The number of rotatable bonds is 4. The molecule has 0 saturated carbocycles. The largest absolute Gasteiger partial charge is 0.478 e. The van der Waals surface area contributed by atoms with Gasteiger partial charge >= 0.3 is 5.97 Å². The van der Waals surface area contributed by atoms with E-state index in [1.54, 1.807) is 18.3 Å². The van der Waals surface area contributed by atoms with Gasteiger partial charge in [0.1, 0.15) is 0 Å². The average molecular weight is 307 g/mol. The number of amides is 1. The predicted octanol–water partition coefficient (Wildman–Crippen LogP) is 2.63. The standard InChI is InChI=1S/C17H13N3O3/c21-16(14-10-18-15-4-2-1-3-13(14)15)20-19-9-11-5-7-12(8-6-11)17(22)23/h1-10,18H,(H,20,21)(H,22,23)/b19-9-. The lowest BCUT2D eigenvalue weighted by molar-refractivity contribution is 0.0696. The Balaban J connectivity index is 1.70. The van der Waals surface area contributed by atoms with E-state index in [0.29, 0.717) is 11.1 Å². The topological polar surface area (TPSA) is 94.5 Å². The van der Waals surface area contributed by atoms with Gasteiger partial charge in [-0.25, -0.2) is 10.2 Å². The highest BCUT2D eigenvalue weighted by atomic mass is 16.4. The first-order chi connectivity index (χ1) is 11.1. The number of carboxylic acids is 1. The van der Waals surface area contributed by atoms with Crippen molar-refractivity contribution < 1.29 is 14.7 Å². The van der Waals surface area contributed by atoms with Gasteiger partial charge in [0, 0.05) is 17.1 Å². The first-order valence-corrected chi connectivity index (χ1v) is 6.88. The number of carbonyl (C=O) groups excluding carboxylic acids is 1. The zero-order chi connectivity index (χ0) is 16.2. The van der Waals surface area contributed by atoms with Crippen molar-refractivity contribution in [1.82, 2.24) is 10.4 Å². The predicted molar refractivity (Wildman–Crippen MR) is 86.8 cm³/mol. The molecule has 3 N–H and O–H groups in total. The van der Waals surface area contributed by atoms with Crippen molar-refractivity contribution in [2.45, 2.75) is 0 Å². The Morgan fingerprint density at radius 2 is 1.83 bits per heavy atom. The molecule has 6 heteroatoms. The summed E-state index contributed by atoms with van der Waals surface area (Å²) in [6.45, 7) is 0. The average Bonchev–Trinajstić information content (AvgIpc) is 2.99. The van der Waals surface area contributed by atoms with E-state index in [1.165, 1.54) is 18.3 Å². The van der Waals surface area contributed by atoms with E-state index >= 15 is 0 Å². The quantitative estimate of drug-likeness (QED) is 0.511. The number of aromatic carboxylic acids is 1. The van der Waals surface area contributed by atoms with Crippen molar-refractivity contribution in [3.8, 4) is 0 Å². The first kappa shape index (κ1) is 14.5. The molecule has 0 aliphatic heterocycles. The minimum absolute atomic E-state index is 0.199. The number of nitrogens with one attached hydrogen (secondary N) is 2. The lowest BCUT2D eigenvalue weighted by atomic mass is 10.1. The van der Waals surface area contributed by atoms with Crippen LogP contribution in [0.3, 0.4) is 0 Å². The molecule has 2 aromatic carbocycles. The molecule has 0 radical (unpaired) electrons. The van der Waals surface area contributed by atoms with Crippen LogP contribution in [0.25, 0.3) is 10.9 Å². The van der Waals surface area contributed by atoms with Crippen molar-refractivity contribution in [1.29, 1.82) is 0 Å². The number of aromatic amines is 1. The van der Waals surface area contributed by atoms with Gasteiger partial charge in [-0.1, -0.05) is 30.3 Å². The summed E-state index contributed by atoms with van der Waals surface area (Å²) in [5.74, 6) is -1.30. The van der Waals surface area contributed by atoms with Crippen LogP contribution in [0.5, 0.6) is 0 Å². The molecule has 0 spiro atoms. The van der Waals surface area contributed by atoms with Gasteiger partial charge in [0.05, 0.1) is 17.3 Å². The molecule has 1 amide bonds. The van der Waals surface area contributed by atoms with E-state index in [9.17, 15) is 9.59 Å². The van der Waals surface area contributed by atoms with Gasteiger partial charge in [0.15, 0.2) is 0 Å². The number of para-hydroxylation sites is 1. The maximum atomic E-state index is 12.1. The van der Waals surface area contributed by atoms with Gasteiger partial charge in [0.2, 0.25) is 0 Å². The summed E-state index contributed by atoms with van der Waals surface area (Å²) in [6.07, 6.45) is 3.09. The monoisotopic (exact) mass is 307 g/mol. The van der Waals surface area contributed by atoms with Crippen molar-refractivity contribution >= 4 is 29.0 Å². The number of hydrogen-bond donors (Lipinski definition) is 3. The zero-order valence-corrected chi connectivity index (χ0v) is 12.0. The Kier molecular flexibility index (Phi) is 3.88. The molecule has 6 nitrogen and oxygen atoms in total. The van der Waals surface area contributed by atoms with E-state index in [4.69, 9.17) is 5.11 Å². The third-order valence-corrected chi connectivity index (χ3v) is 3.37. The van der Waals surface area contributed by atoms with E-state index < -0.39 is 5.97 Å². The van der Waals surface area contributed by atoms with Crippen LogP contribution in [0.15, 0.2) is 59.8 Å². The van der Waals surface area contributed by atoms with Gasteiger partial charge in [-0.05, 0) is 23.8 Å². The number of aromatic nitrogens is 1. The minimum Gasteiger partial charge on any atom is -0.478 e. The highest BCUT2D eigenvalue weighted by Gasteiger charge is 2.10. The van der Waals surface area contributed by atoms with Crippen molar-refractivity contribution in [2.24, 2.45) is 5.10 Å². The van der Waals surface area contributed by atoms with Gasteiger partial charge in [-0.15, -0.1) is 0 Å². The first-order valence-electron chi connectivity index (χ1n) is 6.88. The minimum atomic E-state index is -0.985. The number of H-pyrrole nitrogens is 1. The fourth-order valence-corrected chi connectivity index (χ4v) is 2.20. The molecule has 3 aromatic rings. The molecule has 23 heavy (non-hydrogen) atoms. The van der Waals surface area contributed by atoms with Crippen LogP contribution in [0, 0.1) is 0 Å². The molecule has 114 valence electrons. The van der Waals surface area contributed by atoms with E-state index in [-0.39, 0.29) is 11.5 Å². The summed E-state index contributed by atoms with van der Waals surface area (Å²) in [6, 6.07) is 13.7. The maximum Gasteiger partial charge on any atom is 0.335 e. The number of fused-ring (bicyclic) bond motifs is 1. The molecule has 0 unspecified atom stereocenters. The van der Waals surface area contributed by atoms with Gasteiger partial charge in [-0.3, -0.25) is 4.79 Å². The van der Waals surface area contributed by atoms with Crippen LogP contribution in [0.2, 0.25) is 0 Å². The number of nitrogens with zero attached hydrogens (tertiary/aromatic N) is 1. The van der Waals surface area contributed by atoms with Crippen LogP contribution in [0.4, 0.5) is 0 Å². The molecule has 0 fully saturated rings. The molecule has 0 aliphatic carbocycles. The summed E-state index contributed by atoms with van der Waals surface area (Å²) in [4.78, 5) is 25.9. The summed E-state index contributed by atoms with van der Waals surface area (Å²) in [7, 11) is 0. The summed E-state index contributed by atoms with van der Waals surface area (Å²) >= 11 is 0. The van der Waals surface area contributed by atoms with Crippen LogP contribution in [-0.4, -0.2) is 28.2 Å². The Labute approximate surface area is 131 Å². The third-order valence-electron chi connectivity index (χ3n) is 3.37. The van der Waals surface area contributed by atoms with Crippen LogP contribution in [0.1, 0.15) is 26.3 Å². The lowest BCUT2D eigenvalue weighted by Gasteiger charge is -1.98. The molecular formula is C17H13N3O3. The second kappa shape index (κ2) is 6.15. The number of benzene rings is 2. The van der Waals surface area contributed by atoms with Gasteiger partial charge < -0.3 is 10.1 Å². The van der Waals surface area contributed by atoms with Crippen molar-refractivity contribution in [3.05, 3.63) is 71.4 Å². The maximum absolute atomic E-state index is 12.1. The van der Waals surface area contributed by atoms with E-state index in [1.807, 2.05) is 24.3 Å². The Bertz CT molecular complexity index is 895. The zero-order valence-electron chi connectivity index (χ0n) is 12.0. The lowest BCUT2D eigenvalue weighted by Crippen LogP contribution is -2.17. The molecule has 1 aromatic heterocycles. The number of carboxylic acid groups (broad SMARTS) is 1. The summed E-state index contributed by atoms with van der Waals surface area (Å²) < 4.78 is 0. The normalized spacial score (nSPS) is 11.0. The molecule has 0 bridgehead atoms. The molecular weight excluding hydrogens is 294 g/mol. The number of hydrazone groups is 1. The van der Waals surface area contributed by atoms with Crippen LogP contribution < -0.4 is 5.43 Å². The third kappa shape index (κ3) is 3.11. The number of carbonyl (C=O) groups is 2. The van der Waals surface area contributed by atoms with Crippen molar-refractivity contribution in [3.63, 3.8) is 0 Å². The van der Waals surface area contributed by atoms with E-state index in [0.717, 1.165) is 10.9 Å². The molecule has 1 heterocycles. The molecule has 3 rings (SSSR count). The van der Waals surface area contributed by atoms with Crippen LogP contribution >= 0.6 is 0 Å². The van der Waals surface area contributed by atoms with Crippen LogP contribution in [-0.2, 0) is 0 Å². The fourth-order valence-electron chi connectivity index (χ4n) is 2.20. The molecule has 0 atom stereocenters.